The number of quaternary nitrogens is 1. The van der Waals surface area contributed by atoms with Gasteiger partial charge in [-0.15, -0.1) is 0 Å². The van der Waals surface area contributed by atoms with Crippen molar-refractivity contribution in [2.24, 2.45) is 0 Å². The van der Waals surface area contributed by atoms with Crippen LogP contribution < -0.4 is 19.5 Å². The Bertz CT molecular complexity index is 514. The van der Waals surface area contributed by atoms with E-state index in [4.69, 9.17) is 14.2 Å². The van der Waals surface area contributed by atoms with Crippen molar-refractivity contribution in [3.63, 3.8) is 0 Å². The molecule has 0 unspecified atom stereocenters. The van der Waals surface area contributed by atoms with Gasteiger partial charge in [0.05, 0.1) is 39.7 Å². The molecule has 1 aromatic carbocycles. The molecule has 21 heavy (non-hydrogen) atoms. The van der Waals surface area contributed by atoms with E-state index in [1.54, 1.807) is 21.3 Å². The summed E-state index contributed by atoms with van der Waals surface area (Å²) in [6.45, 7) is 4.18. The Morgan fingerprint density at radius 3 is 2.10 bits per heavy atom. The second-order valence-electron chi connectivity index (χ2n) is 6.14. The third-order valence-electron chi connectivity index (χ3n) is 3.87. The average Bonchev–Trinajstić information content (AvgIpc) is 2.43. The van der Waals surface area contributed by atoms with E-state index in [2.05, 4.69) is 19.2 Å². The molecule has 5 heteroatoms. The minimum atomic E-state index is -0.0829. The van der Waals surface area contributed by atoms with Crippen LogP contribution in [0.4, 0.5) is 0 Å². The Labute approximate surface area is 125 Å². The van der Waals surface area contributed by atoms with Gasteiger partial charge in [-0.1, -0.05) is 0 Å². The van der Waals surface area contributed by atoms with Crippen molar-refractivity contribution in [1.29, 1.82) is 0 Å². The number of Topliss-reactive ketones (excluding diaryl/α,β-unsaturated/α-hetero) is 1. The lowest BCUT2D eigenvalue weighted by Gasteiger charge is -2.33. The third-order valence-corrected chi connectivity index (χ3v) is 3.87. The maximum Gasteiger partial charge on any atom is 0.203 e. The van der Waals surface area contributed by atoms with Crippen LogP contribution >= 0.6 is 0 Å². The molecule has 0 spiro atoms. The van der Waals surface area contributed by atoms with Crippen molar-refractivity contribution >= 4 is 5.78 Å². The normalized spacial score (nSPS) is 21.0. The van der Waals surface area contributed by atoms with E-state index in [0.29, 0.717) is 35.9 Å². The van der Waals surface area contributed by atoms with Crippen LogP contribution in [0.5, 0.6) is 17.2 Å². The fourth-order valence-corrected chi connectivity index (χ4v) is 3.02. The second-order valence-corrected chi connectivity index (χ2v) is 6.14. The number of ketones is 1. The van der Waals surface area contributed by atoms with E-state index < -0.39 is 0 Å². The molecule has 5 nitrogen and oxygen atoms in total. The van der Waals surface area contributed by atoms with Gasteiger partial charge in [0.25, 0.3) is 0 Å². The molecule has 1 fully saturated rings. The van der Waals surface area contributed by atoms with Gasteiger partial charge < -0.3 is 19.5 Å². The van der Waals surface area contributed by atoms with Gasteiger partial charge in [0.2, 0.25) is 5.75 Å². The Morgan fingerprint density at radius 1 is 1.10 bits per heavy atom. The van der Waals surface area contributed by atoms with Gasteiger partial charge in [0, 0.05) is 5.56 Å². The minimum Gasteiger partial charge on any atom is -0.493 e. The maximum atomic E-state index is 12.0. The van der Waals surface area contributed by atoms with Gasteiger partial charge in [0.1, 0.15) is 11.8 Å². The van der Waals surface area contributed by atoms with Gasteiger partial charge in [-0.2, -0.15) is 0 Å². The minimum absolute atomic E-state index is 0.0787. The number of benzene rings is 1. The predicted octanol–water partition coefficient (Wildman–Crippen LogP) is 1.46. The highest BCUT2D eigenvalue weighted by molar-refractivity contribution is 5.80. The smallest absolute Gasteiger partial charge is 0.203 e. The highest BCUT2D eigenvalue weighted by Crippen LogP contribution is 2.40. The molecule has 1 heterocycles. The van der Waals surface area contributed by atoms with Crippen molar-refractivity contribution in [2.75, 3.05) is 21.3 Å². The third kappa shape index (κ3) is 3.29. The summed E-state index contributed by atoms with van der Waals surface area (Å²) in [6, 6.07) is 3.93. The van der Waals surface area contributed by atoms with E-state index in [1.165, 1.54) is 0 Å². The number of rotatable bonds is 4. The van der Waals surface area contributed by atoms with Crippen LogP contribution in [0.15, 0.2) is 12.1 Å². The van der Waals surface area contributed by atoms with Crippen molar-refractivity contribution in [3.05, 3.63) is 17.7 Å². The van der Waals surface area contributed by atoms with Crippen LogP contribution in [0.25, 0.3) is 0 Å². The number of nitrogens with two attached hydrogens (primary N) is 1. The molecule has 116 valence electrons. The largest absolute Gasteiger partial charge is 0.493 e. The van der Waals surface area contributed by atoms with E-state index in [-0.39, 0.29) is 11.6 Å². The molecule has 0 bridgehead atoms. The van der Waals surface area contributed by atoms with Crippen LogP contribution in [0.2, 0.25) is 0 Å². The Balaban J connectivity index is 2.41. The lowest BCUT2D eigenvalue weighted by Crippen LogP contribution is -2.97. The molecule has 1 aliphatic rings. The van der Waals surface area contributed by atoms with Gasteiger partial charge in [-0.25, -0.2) is 0 Å². The number of hydrogen-bond acceptors (Lipinski definition) is 4. The molecule has 0 amide bonds. The number of carbonyl (C=O) groups is 1. The maximum absolute atomic E-state index is 12.0. The Morgan fingerprint density at radius 2 is 1.67 bits per heavy atom. The first-order chi connectivity index (χ1) is 9.90. The standard InChI is InChI=1S/C16H23NO4/c1-16(2)9-11(18)8-12(17-16)10-6-13(19-3)15(21-5)14(7-10)20-4/h6-7,12,17H,8-9H2,1-5H3/p+1/t12-/m0/s1. The van der Waals surface area contributed by atoms with Crippen LogP contribution in [0.1, 0.15) is 38.3 Å². The summed E-state index contributed by atoms with van der Waals surface area (Å²) >= 11 is 0. The Kier molecular flexibility index (Phi) is 4.42. The van der Waals surface area contributed by atoms with Crippen molar-refractivity contribution < 1.29 is 24.3 Å². The lowest BCUT2D eigenvalue weighted by molar-refractivity contribution is -0.759. The zero-order valence-corrected chi connectivity index (χ0v) is 13.4. The lowest BCUT2D eigenvalue weighted by atomic mass is 9.85. The molecule has 1 aliphatic heterocycles. The summed E-state index contributed by atoms with van der Waals surface area (Å²) < 4.78 is 16.1. The van der Waals surface area contributed by atoms with E-state index >= 15 is 0 Å². The summed E-state index contributed by atoms with van der Waals surface area (Å²) in [5, 5.41) is 2.25. The van der Waals surface area contributed by atoms with Crippen LogP contribution in [-0.2, 0) is 4.79 Å². The second kappa shape index (κ2) is 5.93. The molecular weight excluding hydrogens is 270 g/mol. The van der Waals surface area contributed by atoms with E-state index in [1.807, 2.05) is 12.1 Å². The van der Waals surface area contributed by atoms with Gasteiger partial charge >= 0.3 is 0 Å². The summed E-state index contributed by atoms with van der Waals surface area (Å²) in [4.78, 5) is 12.0. The highest BCUT2D eigenvalue weighted by Gasteiger charge is 2.37. The number of hydrogen-bond donors (Lipinski definition) is 1. The van der Waals surface area contributed by atoms with Crippen LogP contribution in [0, 0.1) is 0 Å². The number of carbonyl (C=O) groups excluding carboxylic acids is 1. The SMILES string of the molecule is COc1cc([C@@H]2CC(=O)CC(C)(C)[NH2+]2)cc(OC)c1OC. The van der Waals surface area contributed by atoms with Crippen molar-refractivity contribution in [1.82, 2.24) is 0 Å². The summed E-state index contributed by atoms with van der Waals surface area (Å²) in [5.74, 6) is 2.11. The topological polar surface area (TPSA) is 61.4 Å². The summed E-state index contributed by atoms with van der Waals surface area (Å²) in [7, 11) is 4.78. The molecule has 0 aromatic heterocycles. The summed E-state index contributed by atoms with van der Waals surface area (Å²) in [5.41, 5.74) is 0.936. The number of piperidine rings is 1. The van der Waals surface area contributed by atoms with Gasteiger partial charge in [-0.05, 0) is 26.0 Å². The zero-order valence-electron chi connectivity index (χ0n) is 13.4. The molecule has 1 saturated heterocycles. The molecule has 1 atom stereocenters. The predicted molar refractivity (Wildman–Crippen MR) is 79.1 cm³/mol. The van der Waals surface area contributed by atoms with E-state index in [9.17, 15) is 4.79 Å². The number of ether oxygens (including phenoxy) is 3. The molecular formula is C16H24NO4+. The fourth-order valence-electron chi connectivity index (χ4n) is 3.02. The van der Waals surface area contributed by atoms with Gasteiger partial charge in [-0.3, -0.25) is 4.79 Å². The monoisotopic (exact) mass is 294 g/mol. The van der Waals surface area contributed by atoms with Gasteiger partial charge in [0.15, 0.2) is 11.5 Å². The summed E-state index contributed by atoms with van der Waals surface area (Å²) in [6.07, 6.45) is 1.13. The quantitative estimate of drug-likeness (QED) is 0.913. The molecule has 0 saturated carbocycles. The first-order valence-electron chi connectivity index (χ1n) is 7.08. The first-order valence-corrected chi connectivity index (χ1v) is 7.08. The first kappa shape index (κ1) is 15.6. The zero-order chi connectivity index (χ0) is 15.6. The Hall–Kier alpha value is -1.75. The van der Waals surface area contributed by atoms with Crippen LogP contribution in [-0.4, -0.2) is 32.7 Å². The molecule has 2 rings (SSSR count). The average molecular weight is 294 g/mol. The highest BCUT2D eigenvalue weighted by atomic mass is 16.5. The van der Waals surface area contributed by atoms with Crippen molar-refractivity contribution in [2.45, 2.75) is 38.3 Å². The molecule has 2 N–H and O–H groups in total. The molecule has 1 aromatic rings. The fraction of sp³-hybridized carbons (Fsp3) is 0.562. The molecule has 0 aliphatic carbocycles. The van der Waals surface area contributed by atoms with Crippen molar-refractivity contribution in [3.8, 4) is 17.2 Å². The van der Waals surface area contributed by atoms with E-state index in [0.717, 1.165) is 5.56 Å². The van der Waals surface area contributed by atoms with Crippen LogP contribution in [0.3, 0.4) is 0 Å². The molecule has 0 radical (unpaired) electrons. The number of methoxy groups -OCH3 is 3.